The lowest BCUT2D eigenvalue weighted by molar-refractivity contribution is -0.188. The molecule has 0 bridgehead atoms. The van der Waals surface area contributed by atoms with E-state index in [1.165, 1.54) is 0 Å². The summed E-state index contributed by atoms with van der Waals surface area (Å²) >= 11 is 0. The van der Waals surface area contributed by atoms with Gasteiger partial charge >= 0.3 is 12.1 Å². The number of rotatable bonds is 8. The highest BCUT2D eigenvalue weighted by Gasteiger charge is 2.50. The van der Waals surface area contributed by atoms with Gasteiger partial charge in [-0.05, 0) is 55.7 Å². The first-order valence-corrected chi connectivity index (χ1v) is 10.6. The Balaban J connectivity index is 1.78. The van der Waals surface area contributed by atoms with Gasteiger partial charge in [-0.15, -0.1) is 0 Å². The minimum absolute atomic E-state index is 0.338. The van der Waals surface area contributed by atoms with Crippen molar-refractivity contribution in [2.45, 2.75) is 52.1 Å². The number of halogens is 3. The molecule has 1 aromatic rings. The number of amides is 1. The smallest absolute Gasteiger partial charge is 0.392 e. The average Bonchev–Trinajstić information content (AvgIpc) is 3.49. The van der Waals surface area contributed by atoms with Gasteiger partial charge in [-0.3, -0.25) is 9.59 Å². The molecule has 2 aliphatic carbocycles. The summed E-state index contributed by atoms with van der Waals surface area (Å²) in [6.07, 6.45) is 3.65. The van der Waals surface area contributed by atoms with E-state index in [4.69, 9.17) is 0 Å². The van der Waals surface area contributed by atoms with Crippen molar-refractivity contribution in [1.82, 2.24) is 0 Å². The fourth-order valence-corrected chi connectivity index (χ4v) is 4.20. The molecule has 1 fully saturated rings. The summed E-state index contributed by atoms with van der Waals surface area (Å²) in [4.78, 5) is 24.4. The van der Waals surface area contributed by atoms with Crippen molar-refractivity contribution < 1.29 is 27.9 Å². The number of anilines is 1. The molecule has 31 heavy (non-hydrogen) atoms. The lowest BCUT2D eigenvalue weighted by atomic mass is 9.77. The van der Waals surface area contributed by atoms with Gasteiger partial charge in [-0.25, -0.2) is 0 Å². The molecule has 0 spiro atoms. The third kappa shape index (κ3) is 5.38. The number of carbonyl (C=O) groups excluding carboxylic acids is 1. The highest BCUT2D eigenvalue weighted by atomic mass is 19.4. The lowest BCUT2D eigenvalue weighted by Crippen LogP contribution is -2.40. The lowest BCUT2D eigenvalue weighted by Gasteiger charge is -2.31. The minimum Gasteiger partial charge on any atom is -0.481 e. The summed E-state index contributed by atoms with van der Waals surface area (Å²) in [6.45, 7) is 3.03. The van der Waals surface area contributed by atoms with Gasteiger partial charge in [0.15, 0.2) is 0 Å². The van der Waals surface area contributed by atoms with E-state index in [1.807, 2.05) is 13.0 Å². The highest BCUT2D eigenvalue weighted by Crippen LogP contribution is 2.48. The summed E-state index contributed by atoms with van der Waals surface area (Å²) < 4.78 is 40.7. The molecule has 1 amide bonds. The summed E-state index contributed by atoms with van der Waals surface area (Å²) in [5, 5.41) is 12.0. The number of nitrogens with one attached hydrogen (secondary N) is 1. The van der Waals surface area contributed by atoms with Gasteiger partial charge in [0.05, 0.1) is 17.3 Å². The van der Waals surface area contributed by atoms with Crippen LogP contribution in [0.15, 0.2) is 48.1 Å². The van der Waals surface area contributed by atoms with Crippen LogP contribution in [0.1, 0.15) is 45.1 Å². The van der Waals surface area contributed by atoms with Crippen LogP contribution in [0.3, 0.4) is 0 Å². The maximum absolute atomic E-state index is 13.6. The molecule has 0 aliphatic heterocycles. The second kappa shape index (κ2) is 8.89. The van der Waals surface area contributed by atoms with Crippen molar-refractivity contribution in [2.24, 2.45) is 23.2 Å². The van der Waals surface area contributed by atoms with Crippen LogP contribution in [0.4, 0.5) is 18.9 Å². The molecule has 7 heteroatoms. The number of allylic oxidation sites excluding steroid dienone is 4. The fourth-order valence-electron chi connectivity index (χ4n) is 4.20. The Morgan fingerprint density at radius 2 is 2.00 bits per heavy atom. The quantitative estimate of drug-likeness (QED) is 0.546. The normalized spacial score (nSPS) is 21.7. The molecule has 168 valence electrons. The predicted molar refractivity (Wildman–Crippen MR) is 112 cm³/mol. The van der Waals surface area contributed by atoms with Crippen molar-refractivity contribution in [3.8, 4) is 0 Å². The molecule has 3 atom stereocenters. The van der Waals surface area contributed by atoms with E-state index < -0.39 is 41.2 Å². The van der Waals surface area contributed by atoms with Crippen molar-refractivity contribution in [1.29, 1.82) is 0 Å². The first-order chi connectivity index (χ1) is 14.6. The van der Waals surface area contributed by atoms with Gasteiger partial charge in [0.25, 0.3) is 0 Å². The molecular formula is C24H28F3NO3. The number of aliphatic carboxylic acids is 1. The molecule has 2 N–H and O–H groups in total. The van der Waals surface area contributed by atoms with Gasteiger partial charge in [0.1, 0.15) is 0 Å². The Morgan fingerprint density at radius 1 is 1.29 bits per heavy atom. The first kappa shape index (κ1) is 23.1. The monoisotopic (exact) mass is 435 g/mol. The zero-order valence-electron chi connectivity index (χ0n) is 17.7. The third-order valence-corrected chi connectivity index (χ3v) is 6.48. The molecular weight excluding hydrogens is 407 g/mol. The van der Waals surface area contributed by atoms with Crippen LogP contribution in [0.5, 0.6) is 0 Å². The number of hydrogen-bond acceptors (Lipinski definition) is 2. The van der Waals surface area contributed by atoms with E-state index in [1.54, 1.807) is 36.4 Å². The topological polar surface area (TPSA) is 66.4 Å². The van der Waals surface area contributed by atoms with Crippen LogP contribution in [0.25, 0.3) is 0 Å². The van der Waals surface area contributed by atoms with E-state index in [0.29, 0.717) is 31.4 Å². The number of alkyl halides is 3. The molecule has 0 aromatic heterocycles. The Labute approximate surface area is 180 Å². The van der Waals surface area contributed by atoms with Crippen molar-refractivity contribution in [3.05, 3.63) is 53.6 Å². The van der Waals surface area contributed by atoms with Crippen molar-refractivity contribution in [3.63, 3.8) is 0 Å². The van der Waals surface area contributed by atoms with Crippen LogP contribution in [0.2, 0.25) is 0 Å². The van der Waals surface area contributed by atoms with Crippen LogP contribution in [0, 0.1) is 23.2 Å². The highest BCUT2D eigenvalue weighted by molar-refractivity contribution is 5.93. The van der Waals surface area contributed by atoms with E-state index in [9.17, 15) is 27.9 Å². The summed E-state index contributed by atoms with van der Waals surface area (Å²) in [7, 11) is 0. The molecule has 1 saturated carbocycles. The van der Waals surface area contributed by atoms with E-state index in [0.717, 1.165) is 24.5 Å². The maximum Gasteiger partial charge on any atom is 0.392 e. The van der Waals surface area contributed by atoms with Crippen LogP contribution < -0.4 is 5.32 Å². The summed E-state index contributed by atoms with van der Waals surface area (Å²) in [5.74, 6) is -5.13. The molecule has 0 saturated heterocycles. The molecule has 2 aliphatic rings. The van der Waals surface area contributed by atoms with E-state index >= 15 is 0 Å². The van der Waals surface area contributed by atoms with Gasteiger partial charge in [0, 0.05) is 5.69 Å². The second-order valence-corrected chi connectivity index (χ2v) is 8.70. The van der Waals surface area contributed by atoms with E-state index in [-0.39, 0.29) is 0 Å². The summed E-state index contributed by atoms with van der Waals surface area (Å²) in [5.41, 5.74) is 1.42. The third-order valence-electron chi connectivity index (χ3n) is 6.48. The van der Waals surface area contributed by atoms with Gasteiger partial charge in [-0.1, -0.05) is 49.8 Å². The zero-order chi connectivity index (χ0) is 22.8. The van der Waals surface area contributed by atoms with Crippen molar-refractivity contribution >= 4 is 17.6 Å². The maximum atomic E-state index is 13.6. The number of benzene rings is 1. The van der Waals surface area contributed by atoms with Gasteiger partial charge < -0.3 is 10.4 Å². The van der Waals surface area contributed by atoms with Gasteiger partial charge in [-0.2, -0.15) is 13.2 Å². The Hall–Kier alpha value is -2.57. The fraction of sp³-hybridized carbons (Fsp3) is 0.500. The average molecular weight is 435 g/mol. The molecule has 0 radical (unpaired) electrons. The Bertz CT molecular complexity index is 900. The number of carboxylic acid groups (broad SMARTS) is 1. The molecule has 1 unspecified atom stereocenters. The first-order valence-electron chi connectivity index (χ1n) is 10.6. The second-order valence-electron chi connectivity index (χ2n) is 8.70. The Kier molecular flexibility index (Phi) is 6.62. The number of carboxylic acids is 1. The number of carbonyl (C=O) groups is 2. The van der Waals surface area contributed by atoms with Gasteiger partial charge in [0.2, 0.25) is 5.91 Å². The van der Waals surface area contributed by atoms with Crippen LogP contribution in [-0.2, 0) is 16.0 Å². The van der Waals surface area contributed by atoms with Crippen LogP contribution >= 0.6 is 0 Å². The largest absolute Gasteiger partial charge is 0.481 e. The molecule has 3 rings (SSSR count). The molecule has 0 heterocycles. The standard InChI is InChI=1S/C24H28F3NO3/c1-3-16-7-9-18(10-8-16)20(15(2)24(25,26)27)21(29)28-19-6-4-5-17(13-19)14-23(11-12-23)22(30)31/h4-9,13,15,18,20H,3,10-12,14H2,1-2H3,(H,28,29)(H,30,31)/t15-,18?,20+/m1/s1. The Morgan fingerprint density at radius 3 is 2.52 bits per heavy atom. The number of hydrogen-bond donors (Lipinski definition) is 2. The minimum atomic E-state index is -4.49. The predicted octanol–water partition coefficient (Wildman–Crippen LogP) is 5.76. The molecule has 1 aromatic carbocycles. The van der Waals surface area contributed by atoms with Crippen molar-refractivity contribution in [2.75, 3.05) is 5.32 Å². The SMILES string of the molecule is CCC1=CCC([C@@H](C(=O)Nc2cccc(CC3(C(=O)O)CC3)c2)[C@@H](C)C(F)(F)F)C=C1. The summed E-state index contributed by atoms with van der Waals surface area (Å²) in [6, 6.07) is 6.72. The van der Waals surface area contributed by atoms with Crippen LogP contribution in [-0.4, -0.2) is 23.2 Å². The zero-order valence-corrected chi connectivity index (χ0v) is 17.7. The van der Waals surface area contributed by atoms with E-state index in [2.05, 4.69) is 5.32 Å². The molecule has 4 nitrogen and oxygen atoms in total.